The van der Waals surface area contributed by atoms with Gasteiger partial charge in [0.15, 0.2) is 0 Å². The van der Waals surface area contributed by atoms with E-state index in [9.17, 15) is 14.4 Å². The third-order valence-corrected chi connectivity index (χ3v) is 3.86. The van der Waals surface area contributed by atoms with Gasteiger partial charge in [-0.3, -0.25) is 4.79 Å². The van der Waals surface area contributed by atoms with Crippen molar-refractivity contribution in [2.24, 2.45) is 0 Å². The highest BCUT2D eigenvalue weighted by atomic mass is 32.2. The normalized spacial score (nSPS) is 16.7. The number of nitrogens with zero attached hydrogens (tertiary/aromatic N) is 2. The van der Waals surface area contributed by atoms with Gasteiger partial charge in [0.25, 0.3) is 0 Å². The van der Waals surface area contributed by atoms with Crippen molar-refractivity contribution in [2.75, 3.05) is 38.2 Å². The summed E-state index contributed by atoms with van der Waals surface area (Å²) in [6.07, 6.45) is 2.29. The molecule has 7 nitrogen and oxygen atoms in total. The smallest absolute Gasteiger partial charge is 0.326 e. The molecule has 0 unspecified atom stereocenters. The highest BCUT2D eigenvalue weighted by Gasteiger charge is 2.26. The molecule has 0 aromatic heterocycles. The first-order chi connectivity index (χ1) is 9.45. The van der Waals surface area contributed by atoms with Crippen LogP contribution in [-0.2, 0) is 9.59 Å². The second kappa shape index (κ2) is 7.98. The number of carbonyl (C=O) groups excluding carboxylic acids is 2. The minimum absolute atomic E-state index is 0.00607. The van der Waals surface area contributed by atoms with Gasteiger partial charge in [0.1, 0.15) is 6.04 Å². The van der Waals surface area contributed by atoms with Crippen molar-refractivity contribution in [1.29, 1.82) is 0 Å². The van der Waals surface area contributed by atoms with Crippen LogP contribution in [0.2, 0.25) is 0 Å². The zero-order valence-electron chi connectivity index (χ0n) is 11.8. The molecule has 114 valence electrons. The summed E-state index contributed by atoms with van der Waals surface area (Å²) < 4.78 is 0. The van der Waals surface area contributed by atoms with E-state index in [4.69, 9.17) is 5.11 Å². The van der Waals surface area contributed by atoms with Crippen LogP contribution in [0.4, 0.5) is 4.79 Å². The van der Waals surface area contributed by atoms with E-state index in [0.29, 0.717) is 38.4 Å². The van der Waals surface area contributed by atoms with Crippen LogP contribution in [-0.4, -0.2) is 77.0 Å². The first-order valence-corrected chi connectivity index (χ1v) is 7.87. The van der Waals surface area contributed by atoms with Crippen molar-refractivity contribution >= 4 is 29.7 Å². The number of nitrogens with one attached hydrogen (secondary N) is 1. The average Bonchev–Trinajstić information content (AvgIpc) is 2.42. The molecule has 0 aromatic carbocycles. The van der Waals surface area contributed by atoms with Gasteiger partial charge in [-0.25, -0.2) is 9.59 Å². The van der Waals surface area contributed by atoms with Crippen LogP contribution in [0.25, 0.3) is 0 Å². The summed E-state index contributed by atoms with van der Waals surface area (Å²) in [5.74, 6) is -0.349. The Morgan fingerprint density at radius 1 is 1.20 bits per heavy atom. The Kier molecular flexibility index (Phi) is 6.63. The molecule has 1 heterocycles. The Bertz CT molecular complexity index is 370. The Labute approximate surface area is 122 Å². The van der Waals surface area contributed by atoms with Crippen LogP contribution < -0.4 is 5.32 Å². The molecule has 0 aliphatic carbocycles. The molecule has 8 heteroatoms. The summed E-state index contributed by atoms with van der Waals surface area (Å²) in [6.45, 7) is 3.34. The molecule has 1 aliphatic rings. The second-order valence-electron chi connectivity index (χ2n) is 4.61. The Hall–Kier alpha value is -1.44. The molecule has 20 heavy (non-hydrogen) atoms. The molecule has 0 bridgehead atoms. The Morgan fingerprint density at radius 2 is 1.75 bits per heavy atom. The maximum absolute atomic E-state index is 12.0. The van der Waals surface area contributed by atoms with Gasteiger partial charge in [-0.15, -0.1) is 0 Å². The number of aliphatic carboxylic acids is 1. The molecule has 0 aromatic rings. The lowest BCUT2D eigenvalue weighted by molar-refractivity contribution is -0.139. The molecule has 1 saturated heterocycles. The molecule has 1 fully saturated rings. The van der Waals surface area contributed by atoms with Crippen LogP contribution in [0, 0.1) is 0 Å². The number of amides is 3. The molecular formula is C12H21N3O4S. The van der Waals surface area contributed by atoms with Crippen LogP contribution >= 0.6 is 11.8 Å². The third-order valence-electron chi connectivity index (χ3n) is 3.22. The Balaban J connectivity index is 2.45. The van der Waals surface area contributed by atoms with Gasteiger partial charge in [0.2, 0.25) is 5.91 Å². The van der Waals surface area contributed by atoms with Crippen molar-refractivity contribution in [3.63, 3.8) is 0 Å². The van der Waals surface area contributed by atoms with Crippen molar-refractivity contribution < 1.29 is 19.5 Å². The summed E-state index contributed by atoms with van der Waals surface area (Å²) >= 11 is 1.54. The lowest BCUT2D eigenvalue weighted by atomic mass is 10.2. The zero-order chi connectivity index (χ0) is 15.1. The molecule has 2 N–H and O–H groups in total. The number of carboxylic acids is 1. The second-order valence-corrected chi connectivity index (χ2v) is 5.60. The van der Waals surface area contributed by atoms with Gasteiger partial charge < -0.3 is 20.2 Å². The molecule has 1 atom stereocenters. The van der Waals surface area contributed by atoms with E-state index in [1.54, 1.807) is 21.6 Å². The number of thioether (sulfide) groups is 1. The van der Waals surface area contributed by atoms with Gasteiger partial charge in [0.05, 0.1) is 0 Å². The van der Waals surface area contributed by atoms with Crippen molar-refractivity contribution in [3.8, 4) is 0 Å². The molecule has 0 spiro atoms. The number of rotatable bonds is 5. The monoisotopic (exact) mass is 303 g/mol. The fourth-order valence-electron chi connectivity index (χ4n) is 1.96. The topological polar surface area (TPSA) is 90.0 Å². The quantitative estimate of drug-likeness (QED) is 0.750. The Morgan fingerprint density at radius 3 is 2.20 bits per heavy atom. The zero-order valence-corrected chi connectivity index (χ0v) is 12.6. The van der Waals surface area contributed by atoms with E-state index < -0.39 is 12.0 Å². The van der Waals surface area contributed by atoms with Crippen LogP contribution in [0.1, 0.15) is 13.3 Å². The standard InChI is InChI=1S/C12H21N3O4S/c1-9(16)14-4-6-15(7-5-14)12(19)13-10(11(17)18)3-8-20-2/h10H,3-8H2,1-2H3,(H,13,19)(H,17,18)/t10-/m0/s1. The summed E-state index contributed by atoms with van der Waals surface area (Å²) in [7, 11) is 0. The number of piperazine rings is 1. The van der Waals surface area contributed by atoms with Crippen LogP contribution in [0.5, 0.6) is 0 Å². The highest BCUT2D eigenvalue weighted by molar-refractivity contribution is 7.98. The molecule has 1 aliphatic heterocycles. The van der Waals surface area contributed by atoms with Gasteiger partial charge >= 0.3 is 12.0 Å². The molecule has 0 saturated carbocycles. The lowest BCUT2D eigenvalue weighted by Crippen LogP contribution is -2.55. The van der Waals surface area contributed by atoms with E-state index in [1.807, 2.05) is 6.26 Å². The summed E-state index contributed by atoms with van der Waals surface area (Å²) in [5, 5.41) is 11.6. The van der Waals surface area contributed by atoms with Crippen molar-refractivity contribution in [2.45, 2.75) is 19.4 Å². The van der Waals surface area contributed by atoms with E-state index in [2.05, 4.69) is 5.32 Å². The van der Waals surface area contributed by atoms with E-state index in [-0.39, 0.29) is 11.9 Å². The van der Waals surface area contributed by atoms with Crippen LogP contribution in [0.3, 0.4) is 0 Å². The lowest BCUT2D eigenvalue weighted by Gasteiger charge is -2.34. The molecule has 3 amide bonds. The minimum atomic E-state index is -1.02. The number of carboxylic acid groups (broad SMARTS) is 1. The summed E-state index contributed by atoms with van der Waals surface area (Å²) in [5.41, 5.74) is 0. The van der Waals surface area contributed by atoms with E-state index in [1.165, 1.54) is 6.92 Å². The van der Waals surface area contributed by atoms with E-state index in [0.717, 1.165) is 0 Å². The first kappa shape index (κ1) is 16.6. The fourth-order valence-corrected chi connectivity index (χ4v) is 2.43. The van der Waals surface area contributed by atoms with Crippen molar-refractivity contribution in [1.82, 2.24) is 15.1 Å². The van der Waals surface area contributed by atoms with E-state index >= 15 is 0 Å². The van der Waals surface area contributed by atoms with Crippen molar-refractivity contribution in [3.05, 3.63) is 0 Å². The summed E-state index contributed by atoms with van der Waals surface area (Å²) in [6, 6.07) is -1.23. The maximum Gasteiger partial charge on any atom is 0.326 e. The first-order valence-electron chi connectivity index (χ1n) is 6.48. The molecule has 0 radical (unpaired) electrons. The molecule has 1 rings (SSSR count). The van der Waals surface area contributed by atoms with Crippen LogP contribution in [0.15, 0.2) is 0 Å². The predicted molar refractivity (Wildman–Crippen MR) is 76.8 cm³/mol. The molecular weight excluding hydrogens is 282 g/mol. The summed E-state index contributed by atoms with van der Waals surface area (Å²) in [4.78, 5) is 37.5. The fraction of sp³-hybridized carbons (Fsp3) is 0.750. The number of hydrogen-bond donors (Lipinski definition) is 2. The maximum atomic E-state index is 12.0. The van der Waals surface area contributed by atoms with Gasteiger partial charge in [0, 0.05) is 33.1 Å². The SMILES string of the molecule is CSCC[C@H](NC(=O)N1CCN(C(C)=O)CC1)C(=O)O. The number of urea groups is 1. The van der Waals surface area contributed by atoms with Gasteiger partial charge in [-0.05, 0) is 18.4 Å². The largest absolute Gasteiger partial charge is 0.480 e. The third kappa shape index (κ3) is 4.92. The van der Waals surface area contributed by atoms with Gasteiger partial charge in [-0.1, -0.05) is 0 Å². The highest BCUT2D eigenvalue weighted by Crippen LogP contribution is 2.05. The average molecular weight is 303 g/mol. The predicted octanol–water partition coefficient (Wildman–Crippen LogP) is 0.0664. The number of hydrogen-bond acceptors (Lipinski definition) is 4. The number of carbonyl (C=O) groups is 3. The van der Waals surface area contributed by atoms with Gasteiger partial charge in [-0.2, -0.15) is 11.8 Å². The minimum Gasteiger partial charge on any atom is -0.480 e.